The zero-order valence-electron chi connectivity index (χ0n) is 10.2. The fourth-order valence-corrected chi connectivity index (χ4v) is 2.64. The van der Waals surface area contributed by atoms with Crippen molar-refractivity contribution in [2.75, 3.05) is 14.2 Å². The quantitative estimate of drug-likeness (QED) is 0.903. The highest BCUT2D eigenvalue weighted by Crippen LogP contribution is 2.30. The number of thiophene rings is 1. The Hall–Kier alpha value is -1.39. The molecule has 0 aliphatic carbocycles. The summed E-state index contributed by atoms with van der Waals surface area (Å²) >= 11 is 1.76. The van der Waals surface area contributed by atoms with Crippen LogP contribution in [0.1, 0.15) is 22.0 Å². The van der Waals surface area contributed by atoms with E-state index in [0.717, 1.165) is 5.56 Å². The highest BCUT2D eigenvalue weighted by molar-refractivity contribution is 7.10. The average Bonchev–Trinajstić information content (AvgIpc) is 2.77. The summed E-state index contributed by atoms with van der Waals surface area (Å²) in [5.74, 6) is 0.677. The molecule has 2 aromatic heterocycles. The van der Waals surface area contributed by atoms with E-state index in [2.05, 4.69) is 28.7 Å². The average molecular weight is 248 g/mol. The number of rotatable bonds is 4. The number of nitrogens with zero attached hydrogens (tertiary/aromatic N) is 1. The minimum Gasteiger partial charge on any atom is -0.481 e. The summed E-state index contributed by atoms with van der Waals surface area (Å²) in [4.78, 5) is 5.55. The lowest BCUT2D eigenvalue weighted by atomic mass is 10.0. The van der Waals surface area contributed by atoms with E-state index in [9.17, 15) is 0 Å². The zero-order valence-corrected chi connectivity index (χ0v) is 11.0. The molecule has 1 unspecified atom stereocenters. The number of methoxy groups -OCH3 is 1. The first kappa shape index (κ1) is 12.1. The molecule has 3 nitrogen and oxygen atoms in total. The molecule has 2 aromatic rings. The number of aromatic nitrogens is 1. The fourth-order valence-electron chi connectivity index (χ4n) is 1.91. The third kappa shape index (κ3) is 2.48. The zero-order chi connectivity index (χ0) is 12.3. The van der Waals surface area contributed by atoms with Crippen molar-refractivity contribution in [1.29, 1.82) is 0 Å². The second kappa shape index (κ2) is 5.29. The van der Waals surface area contributed by atoms with E-state index in [1.54, 1.807) is 24.6 Å². The van der Waals surface area contributed by atoms with Gasteiger partial charge in [-0.05, 0) is 37.0 Å². The number of hydrogen-bond acceptors (Lipinski definition) is 4. The van der Waals surface area contributed by atoms with Gasteiger partial charge < -0.3 is 10.1 Å². The van der Waals surface area contributed by atoms with Gasteiger partial charge >= 0.3 is 0 Å². The van der Waals surface area contributed by atoms with Gasteiger partial charge in [0.05, 0.1) is 13.2 Å². The van der Waals surface area contributed by atoms with Crippen molar-refractivity contribution in [1.82, 2.24) is 10.3 Å². The maximum atomic E-state index is 5.31. The smallest absolute Gasteiger partial charge is 0.218 e. The van der Waals surface area contributed by atoms with E-state index in [4.69, 9.17) is 4.74 Å². The molecule has 0 radical (unpaired) electrons. The molecule has 17 heavy (non-hydrogen) atoms. The van der Waals surface area contributed by atoms with E-state index >= 15 is 0 Å². The van der Waals surface area contributed by atoms with Crippen molar-refractivity contribution in [3.63, 3.8) is 0 Å². The van der Waals surface area contributed by atoms with Crippen LogP contribution < -0.4 is 10.1 Å². The SMILES string of the molecule is CNC(c1csc(C)c1)c1cccnc1OC. The Bertz CT molecular complexity index is 496. The number of aryl methyl sites for hydroxylation is 1. The summed E-state index contributed by atoms with van der Waals surface area (Å²) in [5.41, 5.74) is 2.32. The van der Waals surface area contributed by atoms with Crippen molar-refractivity contribution in [2.24, 2.45) is 0 Å². The normalized spacial score (nSPS) is 12.4. The molecular formula is C13H16N2OS. The van der Waals surface area contributed by atoms with Crippen LogP contribution in [0.3, 0.4) is 0 Å². The molecule has 2 rings (SSSR count). The van der Waals surface area contributed by atoms with Crippen LogP contribution in [-0.4, -0.2) is 19.1 Å². The molecule has 0 saturated heterocycles. The van der Waals surface area contributed by atoms with Gasteiger partial charge in [0.1, 0.15) is 0 Å². The summed E-state index contributed by atoms with van der Waals surface area (Å²) in [6.45, 7) is 2.11. The topological polar surface area (TPSA) is 34.2 Å². The van der Waals surface area contributed by atoms with Crippen LogP contribution in [0.25, 0.3) is 0 Å². The minimum atomic E-state index is 0.128. The van der Waals surface area contributed by atoms with Crippen LogP contribution in [0, 0.1) is 6.92 Å². The van der Waals surface area contributed by atoms with Crippen molar-refractivity contribution in [3.8, 4) is 5.88 Å². The Labute approximate surface area is 105 Å². The van der Waals surface area contributed by atoms with Crippen molar-refractivity contribution >= 4 is 11.3 Å². The Kier molecular flexibility index (Phi) is 3.76. The first-order valence-electron chi connectivity index (χ1n) is 5.47. The number of pyridine rings is 1. The molecule has 0 bridgehead atoms. The molecule has 0 amide bonds. The fraction of sp³-hybridized carbons (Fsp3) is 0.308. The Balaban J connectivity index is 2.41. The van der Waals surface area contributed by atoms with Gasteiger partial charge in [0.15, 0.2) is 0 Å². The third-order valence-corrected chi connectivity index (χ3v) is 3.56. The monoisotopic (exact) mass is 248 g/mol. The molecule has 0 spiro atoms. The lowest BCUT2D eigenvalue weighted by molar-refractivity contribution is 0.388. The van der Waals surface area contributed by atoms with Gasteiger partial charge in [-0.15, -0.1) is 11.3 Å². The number of hydrogen-bond donors (Lipinski definition) is 1. The Morgan fingerprint density at radius 3 is 2.88 bits per heavy atom. The van der Waals surface area contributed by atoms with Gasteiger partial charge in [-0.3, -0.25) is 0 Å². The van der Waals surface area contributed by atoms with Crippen molar-refractivity contribution < 1.29 is 4.74 Å². The molecule has 0 saturated carbocycles. The third-order valence-electron chi connectivity index (χ3n) is 2.68. The van der Waals surface area contributed by atoms with Crippen molar-refractivity contribution in [2.45, 2.75) is 13.0 Å². The summed E-state index contributed by atoms with van der Waals surface area (Å²) < 4.78 is 5.31. The molecule has 1 N–H and O–H groups in total. The number of ether oxygens (including phenoxy) is 1. The second-order valence-corrected chi connectivity index (χ2v) is 4.93. The largest absolute Gasteiger partial charge is 0.481 e. The van der Waals surface area contributed by atoms with Gasteiger partial charge in [0, 0.05) is 16.6 Å². The predicted octanol–water partition coefficient (Wildman–Crippen LogP) is 2.77. The molecule has 0 aromatic carbocycles. The van der Waals surface area contributed by atoms with E-state index < -0.39 is 0 Å². The minimum absolute atomic E-state index is 0.128. The van der Waals surface area contributed by atoms with E-state index in [1.807, 2.05) is 19.2 Å². The first-order valence-corrected chi connectivity index (χ1v) is 6.35. The summed E-state index contributed by atoms with van der Waals surface area (Å²) in [5, 5.41) is 5.48. The molecule has 2 heterocycles. The highest BCUT2D eigenvalue weighted by atomic mass is 32.1. The maximum absolute atomic E-state index is 5.31. The molecular weight excluding hydrogens is 232 g/mol. The molecule has 0 aliphatic rings. The van der Waals surface area contributed by atoms with E-state index in [-0.39, 0.29) is 6.04 Å². The first-order chi connectivity index (χ1) is 8.26. The molecule has 0 fully saturated rings. The molecule has 0 aliphatic heterocycles. The van der Waals surface area contributed by atoms with Gasteiger partial charge in [-0.1, -0.05) is 6.07 Å². The maximum Gasteiger partial charge on any atom is 0.218 e. The van der Waals surface area contributed by atoms with Crippen LogP contribution in [-0.2, 0) is 0 Å². The molecule has 90 valence electrons. The Morgan fingerprint density at radius 1 is 1.47 bits per heavy atom. The van der Waals surface area contributed by atoms with E-state index in [0.29, 0.717) is 5.88 Å². The van der Waals surface area contributed by atoms with Crippen LogP contribution in [0.4, 0.5) is 0 Å². The van der Waals surface area contributed by atoms with E-state index in [1.165, 1.54) is 10.4 Å². The standard InChI is InChI=1S/C13H16N2OS/c1-9-7-10(8-17-9)12(14-2)11-5-4-6-15-13(11)16-3/h4-8,12,14H,1-3H3. The van der Waals surface area contributed by atoms with Crippen LogP contribution in [0.5, 0.6) is 5.88 Å². The van der Waals surface area contributed by atoms with Crippen molar-refractivity contribution in [3.05, 3.63) is 45.8 Å². The van der Waals surface area contributed by atoms with Gasteiger partial charge in [0.25, 0.3) is 0 Å². The summed E-state index contributed by atoms with van der Waals surface area (Å²) in [6, 6.07) is 6.29. The van der Waals surface area contributed by atoms with Crippen LogP contribution in [0.15, 0.2) is 29.8 Å². The lowest BCUT2D eigenvalue weighted by Crippen LogP contribution is -2.18. The van der Waals surface area contributed by atoms with Gasteiger partial charge in [-0.25, -0.2) is 4.98 Å². The summed E-state index contributed by atoms with van der Waals surface area (Å²) in [7, 11) is 3.60. The van der Waals surface area contributed by atoms with Gasteiger partial charge in [0.2, 0.25) is 5.88 Å². The van der Waals surface area contributed by atoms with Gasteiger partial charge in [-0.2, -0.15) is 0 Å². The Morgan fingerprint density at radius 2 is 2.29 bits per heavy atom. The summed E-state index contributed by atoms with van der Waals surface area (Å²) in [6.07, 6.45) is 1.74. The molecule has 1 atom stereocenters. The highest BCUT2D eigenvalue weighted by Gasteiger charge is 2.17. The number of nitrogens with one attached hydrogen (secondary N) is 1. The molecule has 4 heteroatoms. The lowest BCUT2D eigenvalue weighted by Gasteiger charge is -2.17. The van der Waals surface area contributed by atoms with Crippen LogP contribution >= 0.6 is 11.3 Å². The second-order valence-electron chi connectivity index (χ2n) is 3.81. The predicted molar refractivity (Wildman–Crippen MR) is 70.7 cm³/mol. The van der Waals surface area contributed by atoms with Crippen LogP contribution in [0.2, 0.25) is 0 Å².